The molecule has 4 heteroatoms. The van der Waals surface area contributed by atoms with E-state index >= 15 is 0 Å². The molecule has 0 N–H and O–H groups in total. The van der Waals surface area contributed by atoms with Crippen LogP contribution in [0.25, 0.3) is 0 Å². The van der Waals surface area contributed by atoms with Crippen molar-refractivity contribution < 1.29 is 9.63 Å². The summed E-state index contributed by atoms with van der Waals surface area (Å²) in [6.45, 7) is 1.22. The number of carbonyl (C=O) groups excluding carboxylic acids is 1. The SMILES string of the molecule is N#CCC(=O)N1CCCCO1. The maximum absolute atomic E-state index is 11.0. The second-order valence-electron chi connectivity index (χ2n) is 2.37. The van der Waals surface area contributed by atoms with E-state index < -0.39 is 0 Å². The van der Waals surface area contributed by atoms with Crippen LogP contribution < -0.4 is 0 Å². The van der Waals surface area contributed by atoms with Crippen molar-refractivity contribution in [3.8, 4) is 6.07 Å². The van der Waals surface area contributed by atoms with Gasteiger partial charge in [-0.2, -0.15) is 5.26 Å². The fraction of sp³-hybridized carbons (Fsp3) is 0.714. The van der Waals surface area contributed by atoms with Gasteiger partial charge in [-0.25, -0.2) is 5.06 Å². The van der Waals surface area contributed by atoms with E-state index in [0.717, 1.165) is 12.8 Å². The van der Waals surface area contributed by atoms with Gasteiger partial charge in [-0.3, -0.25) is 9.63 Å². The summed E-state index contributed by atoms with van der Waals surface area (Å²) in [7, 11) is 0. The van der Waals surface area contributed by atoms with E-state index in [0.29, 0.717) is 13.2 Å². The highest BCUT2D eigenvalue weighted by atomic mass is 16.7. The van der Waals surface area contributed by atoms with Crippen molar-refractivity contribution in [3.63, 3.8) is 0 Å². The molecule has 1 saturated heterocycles. The van der Waals surface area contributed by atoms with Crippen molar-refractivity contribution in [1.82, 2.24) is 5.06 Å². The molecule has 0 aromatic rings. The lowest BCUT2D eigenvalue weighted by Gasteiger charge is -2.24. The fourth-order valence-electron chi connectivity index (χ4n) is 0.949. The Bertz CT molecular complexity index is 179. The molecule has 1 rings (SSSR count). The average Bonchev–Trinajstić information content (AvgIpc) is 2.07. The van der Waals surface area contributed by atoms with E-state index in [4.69, 9.17) is 10.1 Å². The first-order valence-electron chi connectivity index (χ1n) is 3.65. The minimum atomic E-state index is -0.229. The summed E-state index contributed by atoms with van der Waals surface area (Å²) < 4.78 is 0. The Labute approximate surface area is 65.3 Å². The Morgan fingerprint density at radius 3 is 3.00 bits per heavy atom. The van der Waals surface area contributed by atoms with Crippen molar-refractivity contribution in [3.05, 3.63) is 0 Å². The maximum Gasteiger partial charge on any atom is 0.260 e. The van der Waals surface area contributed by atoms with Crippen LogP contribution in [0.5, 0.6) is 0 Å². The molecule has 1 aliphatic heterocycles. The van der Waals surface area contributed by atoms with Gasteiger partial charge in [0.2, 0.25) is 0 Å². The number of rotatable bonds is 1. The summed E-state index contributed by atoms with van der Waals surface area (Å²) in [5.74, 6) is -0.229. The third kappa shape index (κ3) is 2.20. The second kappa shape index (κ2) is 3.94. The molecule has 0 aromatic carbocycles. The number of hydroxylamine groups is 2. The normalized spacial score (nSPS) is 17.5. The Balaban J connectivity index is 2.34. The van der Waals surface area contributed by atoms with Crippen LogP contribution in [0.1, 0.15) is 19.3 Å². The molecule has 11 heavy (non-hydrogen) atoms. The molecular formula is C7H10N2O2. The summed E-state index contributed by atoms with van der Waals surface area (Å²) in [5.41, 5.74) is 0. The van der Waals surface area contributed by atoms with E-state index in [9.17, 15) is 4.79 Å². The van der Waals surface area contributed by atoms with Crippen molar-refractivity contribution in [2.45, 2.75) is 19.3 Å². The molecular weight excluding hydrogens is 144 g/mol. The molecule has 1 amide bonds. The molecule has 1 aliphatic rings. The highest BCUT2D eigenvalue weighted by molar-refractivity contribution is 5.77. The van der Waals surface area contributed by atoms with Gasteiger partial charge >= 0.3 is 0 Å². The van der Waals surface area contributed by atoms with Crippen molar-refractivity contribution in [2.75, 3.05) is 13.2 Å². The molecule has 1 fully saturated rings. The van der Waals surface area contributed by atoms with Crippen molar-refractivity contribution >= 4 is 5.91 Å². The molecule has 0 bridgehead atoms. The molecule has 0 saturated carbocycles. The van der Waals surface area contributed by atoms with Crippen LogP contribution in [-0.2, 0) is 9.63 Å². The predicted molar refractivity (Wildman–Crippen MR) is 37.1 cm³/mol. The van der Waals surface area contributed by atoms with E-state index in [-0.39, 0.29) is 12.3 Å². The Morgan fingerprint density at radius 2 is 2.45 bits per heavy atom. The van der Waals surface area contributed by atoms with E-state index in [1.54, 1.807) is 6.07 Å². The van der Waals surface area contributed by atoms with Gasteiger partial charge in [-0.15, -0.1) is 0 Å². The number of amides is 1. The maximum atomic E-state index is 11.0. The standard InChI is InChI=1S/C7H10N2O2/c8-4-3-7(10)9-5-1-2-6-11-9/h1-3,5-6H2. The van der Waals surface area contributed by atoms with Crippen LogP contribution in [0.2, 0.25) is 0 Å². The van der Waals surface area contributed by atoms with Gasteiger partial charge in [0, 0.05) is 6.54 Å². The van der Waals surface area contributed by atoms with Gasteiger partial charge in [-0.1, -0.05) is 0 Å². The minimum absolute atomic E-state index is 0.0833. The van der Waals surface area contributed by atoms with Crippen LogP contribution >= 0.6 is 0 Å². The zero-order valence-corrected chi connectivity index (χ0v) is 6.25. The third-order valence-corrected chi connectivity index (χ3v) is 1.51. The summed E-state index contributed by atoms with van der Waals surface area (Å²) in [6.07, 6.45) is 1.88. The lowest BCUT2D eigenvalue weighted by atomic mass is 10.3. The molecule has 0 unspecified atom stereocenters. The quantitative estimate of drug-likeness (QED) is 0.551. The fourth-order valence-corrected chi connectivity index (χ4v) is 0.949. The number of hydrogen-bond donors (Lipinski definition) is 0. The number of nitrogens with zero attached hydrogens (tertiary/aromatic N) is 2. The van der Waals surface area contributed by atoms with Gasteiger partial charge in [0.05, 0.1) is 12.7 Å². The van der Waals surface area contributed by atoms with E-state index in [1.165, 1.54) is 5.06 Å². The topological polar surface area (TPSA) is 53.3 Å². The monoisotopic (exact) mass is 154 g/mol. The number of nitriles is 1. The Morgan fingerprint density at radius 1 is 1.64 bits per heavy atom. The van der Waals surface area contributed by atoms with Gasteiger partial charge < -0.3 is 0 Å². The minimum Gasteiger partial charge on any atom is -0.271 e. The first kappa shape index (κ1) is 8.02. The molecule has 1 heterocycles. The lowest BCUT2D eigenvalue weighted by Crippen LogP contribution is -2.35. The summed E-state index contributed by atoms with van der Waals surface area (Å²) in [5, 5.41) is 9.50. The summed E-state index contributed by atoms with van der Waals surface area (Å²) >= 11 is 0. The van der Waals surface area contributed by atoms with Crippen LogP contribution in [0, 0.1) is 11.3 Å². The molecule has 0 atom stereocenters. The number of hydrogen-bond acceptors (Lipinski definition) is 3. The molecule has 0 spiro atoms. The van der Waals surface area contributed by atoms with Gasteiger partial charge in [0.25, 0.3) is 5.91 Å². The zero-order chi connectivity index (χ0) is 8.10. The summed E-state index contributed by atoms with van der Waals surface area (Å²) in [6, 6.07) is 1.79. The molecule has 60 valence electrons. The van der Waals surface area contributed by atoms with Gasteiger partial charge in [0.15, 0.2) is 0 Å². The first-order valence-corrected chi connectivity index (χ1v) is 3.65. The van der Waals surface area contributed by atoms with Crippen LogP contribution in [0.15, 0.2) is 0 Å². The van der Waals surface area contributed by atoms with Crippen LogP contribution in [-0.4, -0.2) is 24.1 Å². The molecule has 0 aromatic heterocycles. The van der Waals surface area contributed by atoms with Gasteiger partial charge in [0.1, 0.15) is 6.42 Å². The lowest BCUT2D eigenvalue weighted by molar-refractivity contribution is -0.195. The predicted octanol–water partition coefficient (Wildman–Crippen LogP) is 0.454. The Kier molecular flexibility index (Phi) is 2.87. The molecule has 0 aliphatic carbocycles. The average molecular weight is 154 g/mol. The summed E-state index contributed by atoms with van der Waals surface area (Å²) in [4.78, 5) is 16.0. The van der Waals surface area contributed by atoms with E-state index in [1.807, 2.05) is 0 Å². The Hall–Kier alpha value is -1.08. The van der Waals surface area contributed by atoms with Gasteiger partial charge in [-0.05, 0) is 12.8 Å². The highest BCUT2D eigenvalue weighted by Crippen LogP contribution is 2.06. The van der Waals surface area contributed by atoms with Crippen LogP contribution in [0.3, 0.4) is 0 Å². The smallest absolute Gasteiger partial charge is 0.260 e. The van der Waals surface area contributed by atoms with Crippen molar-refractivity contribution in [2.24, 2.45) is 0 Å². The molecule has 4 nitrogen and oxygen atoms in total. The highest BCUT2D eigenvalue weighted by Gasteiger charge is 2.16. The zero-order valence-electron chi connectivity index (χ0n) is 6.25. The van der Waals surface area contributed by atoms with E-state index in [2.05, 4.69) is 0 Å². The van der Waals surface area contributed by atoms with Crippen molar-refractivity contribution in [1.29, 1.82) is 5.26 Å². The molecule has 0 radical (unpaired) electrons. The largest absolute Gasteiger partial charge is 0.271 e. The third-order valence-electron chi connectivity index (χ3n) is 1.51. The number of carbonyl (C=O) groups is 1. The first-order chi connectivity index (χ1) is 5.34. The van der Waals surface area contributed by atoms with Crippen LogP contribution in [0.4, 0.5) is 0 Å². The second-order valence-corrected chi connectivity index (χ2v) is 2.37.